The van der Waals surface area contributed by atoms with Gasteiger partial charge in [0.05, 0.1) is 18.4 Å². The smallest absolute Gasteiger partial charge is 0.326 e. The molecule has 4 atom stereocenters. The van der Waals surface area contributed by atoms with Crippen molar-refractivity contribution in [1.82, 2.24) is 10.2 Å². The first-order valence-corrected chi connectivity index (χ1v) is 7.83. The summed E-state index contributed by atoms with van der Waals surface area (Å²) in [6.07, 6.45) is 0. The number of rotatable bonds is 3. The van der Waals surface area contributed by atoms with Crippen molar-refractivity contribution in [2.24, 2.45) is 11.8 Å². The summed E-state index contributed by atoms with van der Waals surface area (Å²) < 4.78 is 19.3. The summed E-state index contributed by atoms with van der Waals surface area (Å²) in [7, 11) is 1.38. The first-order chi connectivity index (χ1) is 11.3. The number of esters is 1. The normalized spacial score (nSPS) is 32.2. The Labute approximate surface area is 139 Å². The molecule has 0 aromatic heterocycles. The Morgan fingerprint density at radius 1 is 1.33 bits per heavy atom. The third-order valence-electron chi connectivity index (χ3n) is 4.95. The number of hydrogen-bond acceptors (Lipinski definition) is 5. The van der Waals surface area contributed by atoms with Crippen molar-refractivity contribution in [3.8, 4) is 0 Å². The molecule has 0 unspecified atom stereocenters. The van der Waals surface area contributed by atoms with Crippen LogP contribution in [0.25, 0.3) is 0 Å². The van der Waals surface area contributed by atoms with Gasteiger partial charge in [0.2, 0.25) is 11.8 Å². The Kier molecular flexibility index (Phi) is 3.91. The van der Waals surface area contributed by atoms with Crippen molar-refractivity contribution in [3.63, 3.8) is 0 Å². The van der Waals surface area contributed by atoms with Crippen molar-refractivity contribution >= 4 is 17.8 Å². The summed E-state index contributed by atoms with van der Waals surface area (Å²) in [4.78, 5) is 38.6. The van der Waals surface area contributed by atoms with E-state index in [4.69, 9.17) is 4.74 Å². The van der Waals surface area contributed by atoms with E-state index in [9.17, 15) is 18.8 Å². The molecular weight excluding hydrogens is 315 g/mol. The molecule has 3 rings (SSSR count). The summed E-state index contributed by atoms with van der Waals surface area (Å²) in [5.41, 5.74) is -1.12. The summed E-state index contributed by atoms with van der Waals surface area (Å²) in [6.45, 7) is 3.35. The van der Waals surface area contributed by atoms with Crippen molar-refractivity contribution < 1.29 is 23.5 Å². The van der Waals surface area contributed by atoms with E-state index in [-0.39, 0.29) is 12.2 Å². The minimum Gasteiger partial charge on any atom is -0.465 e. The molecule has 1 N–H and O–H groups in total. The van der Waals surface area contributed by atoms with Gasteiger partial charge < -0.3 is 4.74 Å². The fourth-order valence-electron chi connectivity index (χ4n) is 3.75. The second kappa shape index (κ2) is 5.66. The molecule has 0 saturated carbocycles. The van der Waals surface area contributed by atoms with Gasteiger partial charge in [-0.2, -0.15) is 0 Å². The maximum atomic E-state index is 14.3. The second-order valence-corrected chi connectivity index (χ2v) is 6.31. The largest absolute Gasteiger partial charge is 0.465 e. The zero-order valence-electron chi connectivity index (χ0n) is 13.7. The van der Waals surface area contributed by atoms with Crippen LogP contribution in [-0.2, 0) is 19.1 Å². The van der Waals surface area contributed by atoms with Crippen LogP contribution in [0.1, 0.15) is 25.5 Å². The van der Waals surface area contributed by atoms with E-state index in [0.29, 0.717) is 0 Å². The zero-order valence-corrected chi connectivity index (χ0v) is 13.7. The number of benzene rings is 1. The summed E-state index contributed by atoms with van der Waals surface area (Å²) >= 11 is 0. The number of amides is 2. The van der Waals surface area contributed by atoms with Gasteiger partial charge in [-0.1, -0.05) is 18.2 Å². The van der Waals surface area contributed by atoms with Crippen LogP contribution in [-0.4, -0.2) is 41.9 Å². The fraction of sp³-hybridized carbons (Fsp3) is 0.471. The van der Waals surface area contributed by atoms with Gasteiger partial charge in [0.25, 0.3) is 0 Å². The van der Waals surface area contributed by atoms with E-state index in [1.165, 1.54) is 20.0 Å². The summed E-state index contributed by atoms with van der Waals surface area (Å²) in [5, 5.41) is 3.01. The lowest BCUT2D eigenvalue weighted by Crippen LogP contribution is -2.53. The third kappa shape index (κ3) is 2.15. The van der Waals surface area contributed by atoms with Gasteiger partial charge in [0, 0.05) is 18.7 Å². The van der Waals surface area contributed by atoms with Gasteiger partial charge in [0.15, 0.2) is 0 Å². The highest BCUT2D eigenvalue weighted by atomic mass is 19.1. The topological polar surface area (TPSA) is 75.7 Å². The average molecular weight is 334 g/mol. The highest BCUT2D eigenvalue weighted by Gasteiger charge is 2.66. The van der Waals surface area contributed by atoms with Gasteiger partial charge in [-0.05, 0) is 19.9 Å². The van der Waals surface area contributed by atoms with Gasteiger partial charge in [-0.15, -0.1) is 0 Å². The molecule has 2 aliphatic rings. The zero-order chi connectivity index (χ0) is 17.6. The van der Waals surface area contributed by atoms with Crippen LogP contribution in [0.4, 0.5) is 4.39 Å². The quantitative estimate of drug-likeness (QED) is 0.660. The minimum atomic E-state index is -1.38. The molecule has 128 valence electrons. The van der Waals surface area contributed by atoms with E-state index in [2.05, 4.69) is 5.32 Å². The molecule has 0 spiro atoms. The van der Waals surface area contributed by atoms with E-state index >= 15 is 0 Å². The molecular formula is C17H19FN2O4. The van der Waals surface area contributed by atoms with Gasteiger partial charge in [-0.25, -0.2) is 4.39 Å². The molecule has 1 aromatic rings. The maximum Gasteiger partial charge on any atom is 0.326 e. The molecule has 2 aliphatic heterocycles. The number of halogens is 1. The van der Waals surface area contributed by atoms with E-state index in [1.807, 2.05) is 0 Å². The van der Waals surface area contributed by atoms with Gasteiger partial charge >= 0.3 is 5.97 Å². The lowest BCUT2D eigenvalue weighted by molar-refractivity contribution is -0.155. The SMILES string of the molecule is CCOC(=O)[C@]1(C)N[C@H](c2ccccc2F)[C@H]2C(=O)N(C)C(=O)[C@H]21. The van der Waals surface area contributed by atoms with Crippen molar-refractivity contribution in [2.45, 2.75) is 25.4 Å². The van der Waals surface area contributed by atoms with Crippen molar-refractivity contribution in [2.75, 3.05) is 13.7 Å². The molecule has 2 fully saturated rings. The Balaban J connectivity index is 2.10. The highest BCUT2D eigenvalue weighted by molar-refractivity contribution is 6.09. The molecule has 2 amide bonds. The number of nitrogens with one attached hydrogen (secondary N) is 1. The van der Waals surface area contributed by atoms with Crippen LogP contribution >= 0.6 is 0 Å². The highest BCUT2D eigenvalue weighted by Crippen LogP contribution is 2.48. The number of carbonyl (C=O) groups excluding carboxylic acids is 3. The van der Waals surface area contributed by atoms with Crippen LogP contribution in [0.5, 0.6) is 0 Å². The standard InChI is InChI=1S/C17H19FN2O4/c1-4-24-16(23)17(2)12-11(14(21)20(3)15(12)22)13(19-17)9-7-5-6-8-10(9)18/h5-8,11-13,19H,4H2,1-3H3/t11-,12-,13+,17+/m0/s1. The summed E-state index contributed by atoms with van der Waals surface area (Å²) in [5.74, 6) is -3.73. The van der Waals surface area contributed by atoms with Crippen LogP contribution in [0.2, 0.25) is 0 Å². The molecule has 24 heavy (non-hydrogen) atoms. The molecule has 2 saturated heterocycles. The first-order valence-electron chi connectivity index (χ1n) is 7.83. The van der Waals surface area contributed by atoms with Crippen molar-refractivity contribution in [3.05, 3.63) is 35.6 Å². The number of fused-ring (bicyclic) bond motifs is 1. The van der Waals surface area contributed by atoms with E-state index < -0.39 is 47.0 Å². The Hall–Kier alpha value is -2.28. The lowest BCUT2D eigenvalue weighted by atomic mass is 9.80. The van der Waals surface area contributed by atoms with Crippen LogP contribution in [0.3, 0.4) is 0 Å². The summed E-state index contributed by atoms with van der Waals surface area (Å²) in [6, 6.07) is 5.27. The average Bonchev–Trinajstić information content (AvgIpc) is 2.98. The number of nitrogens with zero attached hydrogens (tertiary/aromatic N) is 1. The molecule has 0 aliphatic carbocycles. The second-order valence-electron chi connectivity index (χ2n) is 6.31. The van der Waals surface area contributed by atoms with Crippen molar-refractivity contribution in [1.29, 1.82) is 0 Å². The maximum absolute atomic E-state index is 14.3. The van der Waals surface area contributed by atoms with Gasteiger partial charge in [0.1, 0.15) is 11.4 Å². The van der Waals surface area contributed by atoms with Crippen LogP contribution in [0, 0.1) is 17.7 Å². The van der Waals surface area contributed by atoms with Crippen LogP contribution < -0.4 is 5.32 Å². The molecule has 0 radical (unpaired) electrons. The van der Waals surface area contributed by atoms with E-state index in [0.717, 1.165) is 4.90 Å². The lowest BCUT2D eigenvalue weighted by Gasteiger charge is -2.28. The molecule has 7 heteroatoms. The Morgan fingerprint density at radius 3 is 2.62 bits per heavy atom. The predicted molar refractivity (Wildman–Crippen MR) is 82.1 cm³/mol. The Bertz CT molecular complexity index is 722. The molecule has 2 heterocycles. The van der Waals surface area contributed by atoms with Crippen LogP contribution in [0.15, 0.2) is 24.3 Å². The van der Waals surface area contributed by atoms with Gasteiger partial charge in [-0.3, -0.25) is 24.6 Å². The third-order valence-corrected chi connectivity index (χ3v) is 4.95. The number of imide groups is 1. The minimum absolute atomic E-state index is 0.149. The monoisotopic (exact) mass is 334 g/mol. The van der Waals surface area contributed by atoms with E-state index in [1.54, 1.807) is 25.1 Å². The molecule has 1 aromatic carbocycles. The number of likely N-dealkylation sites (tertiary alicyclic amines) is 1. The first kappa shape index (κ1) is 16.6. The Morgan fingerprint density at radius 2 is 2.00 bits per heavy atom. The number of hydrogen-bond donors (Lipinski definition) is 1. The molecule has 0 bridgehead atoms. The molecule has 6 nitrogen and oxygen atoms in total. The fourth-order valence-corrected chi connectivity index (χ4v) is 3.75. The predicted octanol–water partition coefficient (Wildman–Crippen LogP) is 1.02. The number of ether oxygens (including phenoxy) is 1. The number of carbonyl (C=O) groups is 3.